The van der Waals surface area contributed by atoms with Crippen LogP contribution in [0.2, 0.25) is 0 Å². The van der Waals surface area contributed by atoms with Gasteiger partial charge in [0.05, 0.1) is 5.69 Å². The lowest BCUT2D eigenvalue weighted by molar-refractivity contribution is 0.392. The fourth-order valence-electron chi connectivity index (χ4n) is 2.80. The topological polar surface area (TPSA) is 29.3 Å². The van der Waals surface area contributed by atoms with E-state index in [-0.39, 0.29) is 11.9 Å². The van der Waals surface area contributed by atoms with E-state index in [0.717, 1.165) is 43.1 Å². The van der Waals surface area contributed by atoms with E-state index in [1.807, 2.05) is 13.0 Å². The zero-order chi connectivity index (χ0) is 13.1. The first kappa shape index (κ1) is 13.3. The summed E-state index contributed by atoms with van der Waals surface area (Å²) in [6.07, 6.45) is 3.54. The maximum atomic E-state index is 14.1. The second-order valence-corrected chi connectivity index (χ2v) is 5.31. The van der Waals surface area contributed by atoms with Gasteiger partial charge in [-0.3, -0.25) is 0 Å². The first-order valence-corrected chi connectivity index (χ1v) is 6.92. The van der Waals surface area contributed by atoms with Crippen molar-refractivity contribution in [1.29, 1.82) is 0 Å². The SMILES string of the molecule is CCC1CCN(c2c(F)cccc2C(C)N)CC1. The van der Waals surface area contributed by atoms with E-state index in [1.54, 1.807) is 6.07 Å². The van der Waals surface area contributed by atoms with Crippen molar-refractivity contribution in [2.75, 3.05) is 18.0 Å². The molecule has 2 N–H and O–H groups in total. The van der Waals surface area contributed by atoms with Gasteiger partial charge in [0.25, 0.3) is 0 Å². The van der Waals surface area contributed by atoms with Gasteiger partial charge in [-0.25, -0.2) is 4.39 Å². The van der Waals surface area contributed by atoms with Gasteiger partial charge < -0.3 is 10.6 Å². The van der Waals surface area contributed by atoms with Gasteiger partial charge in [-0.15, -0.1) is 0 Å². The van der Waals surface area contributed by atoms with Gasteiger partial charge in [-0.2, -0.15) is 0 Å². The number of para-hydroxylation sites is 1. The molecule has 0 aromatic heterocycles. The minimum atomic E-state index is -0.139. The minimum Gasteiger partial charge on any atom is -0.369 e. The zero-order valence-electron chi connectivity index (χ0n) is 11.3. The van der Waals surface area contributed by atoms with E-state index in [4.69, 9.17) is 5.73 Å². The zero-order valence-corrected chi connectivity index (χ0v) is 11.3. The largest absolute Gasteiger partial charge is 0.369 e. The Morgan fingerprint density at radius 1 is 1.39 bits per heavy atom. The molecule has 2 nitrogen and oxygen atoms in total. The highest BCUT2D eigenvalue weighted by Crippen LogP contribution is 2.32. The van der Waals surface area contributed by atoms with E-state index in [9.17, 15) is 4.39 Å². The first-order chi connectivity index (χ1) is 8.63. The van der Waals surface area contributed by atoms with Crippen LogP contribution in [0.3, 0.4) is 0 Å². The number of hydrogen-bond acceptors (Lipinski definition) is 2. The fraction of sp³-hybridized carbons (Fsp3) is 0.600. The first-order valence-electron chi connectivity index (χ1n) is 6.92. The summed E-state index contributed by atoms with van der Waals surface area (Å²) < 4.78 is 14.1. The Morgan fingerprint density at radius 3 is 2.61 bits per heavy atom. The lowest BCUT2D eigenvalue weighted by Crippen LogP contribution is -2.35. The second-order valence-electron chi connectivity index (χ2n) is 5.31. The molecule has 1 unspecified atom stereocenters. The average Bonchev–Trinajstić information content (AvgIpc) is 2.38. The van der Waals surface area contributed by atoms with Crippen LogP contribution in [0.15, 0.2) is 18.2 Å². The van der Waals surface area contributed by atoms with E-state index in [2.05, 4.69) is 11.8 Å². The molecule has 3 heteroatoms. The van der Waals surface area contributed by atoms with Gasteiger partial charge in [0.1, 0.15) is 5.82 Å². The third-order valence-corrected chi connectivity index (χ3v) is 4.02. The molecule has 0 radical (unpaired) electrons. The monoisotopic (exact) mass is 250 g/mol. The molecule has 1 heterocycles. The van der Waals surface area contributed by atoms with Crippen molar-refractivity contribution in [2.24, 2.45) is 11.7 Å². The predicted molar refractivity (Wildman–Crippen MR) is 74.2 cm³/mol. The summed E-state index contributed by atoms with van der Waals surface area (Å²) in [5, 5.41) is 0. The van der Waals surface area contributed by atoms with E-state index < -0.39 is 0 Å². The van der Waals surface area contributed by atoms with Crippen LogP contribution in [0, 0.1) is 11.7 Å². The van der Waals surface area contributed by atoms with Gasteiger partial charge in [-0.1, -0.05) is 25.5 Å². The quantitative estimate of drug-likeness (QED) is 0.890. The maximum absolute atomic E-state index is 14.1. The van der Waals surface area contributed by atoms with Crippen LogP contribution in [0.4, 0.5) is 10.1 Å². The molecule has 1 fully saturated rings. The van der Waals surface area contributed by atoms with Crippen LogP contribution in [0.1, 0.15) is 44.7 Å². The van der Waals surface area contributed by atoms with Crippen LogP contribution < -0.4 is 10.6 Å². The van der Waals surface area contributed by atoms with E-state index in [0.29, 0.717) is 0 Å². The molecule has 1 aliphatic heterocycles. The Bertz CT molecular complexity index is 395. The van der Waals surface area contributed by atoms with E-state index >= 15 is 0 Å². The molecule has 1 aliphatic rings. The third-order valence-electron chi connectivity index (χ3n) is 4.02. The number of hydrogen-bond donors (Lipinski definition) is 1. The molecule has 2 rings (SSSR count). The smallest absolute Gasteiger partial charge is 0.146 e. The molecule has 100 valence electrons. The number of nitrogens with two attached hydrogens (primary N) is 1. The van der Waals surface area contributed by atoms with Gasteiger partial charge in [0.15, 0.2) is 0 Å². The van der Waals surface area contributed by atoms with Crippen molar-refractivity contribution >= 4 is 5.69 Å². The molecule has 0 amide bonds. The number of halogens is 1. The minimum absolute atomic E-state index is 0.125. The van der Waals surface area contributed by atoms with Crippen molar-refractivity contribution in [3.05, 3.63) is 29.6 Å². The highest BCUT2D eigenvalue weighted by atomic mass is 19.1. The molecule has 1 saturated heterocycles. The Kier molecular flexibility index (Phi) is 4.23. The summed E-state index contributed by atoms with van der Waals surface area (Å²) in [5.74, 6) is 0.659. The molecular formula is C15H23FN2. The standard InChI is InChI=1S/C15H23FN2/c1-3-12-7-9-18(10-8-12)15-13(11(2)17)5-4-6-14(15)16/h4-6,11-12H,3,7-10,17H2,1-2H3. The number of piperidine rings is 1. The Labute approximate surface area is 109 Å². The van der Waals surface area contributed by atoms with Gasteiger partial charge in [0, 0.05) is 19.1 Å². The van der Waals surface area contributed by atoms with Crippen molar-refractivity contribution in [3.8, 4) is 0 Å². The summed E-state index contributed by atoms with van der Waals surface area (Å²) in [4.78, 5) is 2.17. The van der Waals surface area contributed by atoms with Crippen molar-refractivity contribution in [3.63, 3.8) is 0 Å². The summed E-state index contributed by atoms with van der Waals surface area (Å²) in [5.41, 5.74) is 7.60. The van der Waals surface area contributed by atoms with Crippen LogP contribution in [0.5, 0.6) is 0 Å². The Hall–Kier alpha value is -1.09. The molecular weight excluding hydrogens is 227 g/mol. The third kappa shape index (κ3) is 2.66. The molecule has 0 aliphatic carbocycles. The van der Waals surface area contributed by atoms with Crippen molar-refractivity contribution < 1.29 is 4.39 Å². The maximum Gasteiger partial charge on any atom is 0.146 e. The fourth-order valence-corrected chi connectivity index (χ4v) is 2.80. The highest BCUT2D eigenvalue weighted by Gasteiger charge is 2.23. The van der Waals surface area contributed by atoms with Crippen molar-refractivity contribution in [2.45, 2.75) is 39.2 Å². The summed E-state index contributed by atoms with van der Waals surface area (Å²) in [6.45, 7) is 6.03. The molecule has 1 atom stereocenters. The van der Waals surface area contributed by atoms with Gasteiger partial charge in [0.2, 0.25) is 0 Å². The van der Waals surface area contributed by atoms with Gasteiger partial charge in [-0.05, 0) is 37.3 Å². The summed E-state index contributed by atoms with van der Waals surface area (Å²) >= 11 is 0. The lowest BCUT2D eigenvalue weighted by atomic mass is 9.93. The second kappa shape index (κ2) is 5.70. The van der Waals surface area contributed by atoms with E-state index in [1.165, 1.54) is 12.5 Å². The number of nitrogens with zero attached hydrogens (tertiary/aromatic N) is 1. The van der Waals surface area contributed by atoms with Crippen LogP contribution in [0.25, 0.3) is 0 Å². The molecule has 0 spiro atoms. The summed E-state index contributed by atoms with van der Waals surface area (Å²) in [6, 6.07) is 5.10. The van der Waals surface area contributed by atoms with Crippen LogP contribution in [-0.4, -0.2) is 13.1 Å². The highest BCUT2D eigenvalue weighted by molar-refractivity contribution is 5.56. The van der Waals surface area contributed by atoms with Crippen molar-refractivity contribution in [1.82, 2.24) is 0 Å². The van der Waals surface area contributed by atoms with Crippen LogP contribution in [-0.2, 0) is 0 Å². The lowest BCUT2D eigenvalue weighted by Gasteiger charge is -2.35. The number of anilines is 1. The molecule has 0 bridgehead atoms. The Balaban J connectivity index is 2.23. The molecule has 1 aromatic rings. The number of rotatable bonds is 3. The van der Waals surface area contributed by atoms with Crippen LogP contribution >= 0.6 is 0 Å². The molecule has 1 aromatic carbocycles. The predicted octanol–water partition coefficient (Wildman–Crippen LogP) is 3.47. The summed E-state index contributed by atoms with van der Waals surface area (Å²) in [7, 11) is 0. The normalized spacial score (nSPS) is 19.0. The number of benzene rings is 1. The Morgan fingerprint density at radius 2 is 2.06 bits per heavy atom. The molecule has 18 heavy (non-hydrogen) atoms. The molecule has 0 saturated carbocycles. The van der Waals surface area contributed by atoms with Gasteiger partial charge >= 0.3 is 0 Å². The average molecular weight is 250 g/mol.